The Bertz CT molecular complexity index is 890. The van der Waals surface area contributed by atoms with Crippen molar-refractivity contribution in [1.82, 2.24) is 0 Å². The molecule has 0 bridgehead atoms. The molecular weight excluding hydrogens is 370 g/mol. The fourth-order valence-corrected chi connectivity index (χ4v) is 3.13. The van der Waals surface area contributed by atoms with Crippen LogP contribution in [0.2, 0.25) is 0 Å². The standard InChI is InChI=1S/C23H25NO5/c1-3-16(2)17-8-10-18(11-9-17)20(25)15-29-23(27)14-24-19-6-4-5-7-21(19)28-13-12-22(24)26/h4-11,16H,3,12-15H2,1-2H3/t16-/m1/s1. The monoisotopic (exact) mass is 395 g/mol. The summed E-state index contributed by atoms with van der Waals surface area (Å²) in [5.41, 5.74) is 2.19. The molecular formula is C23H25NO5. The number of esters is 1. The summed E-state index contributed by atoms with van der Waals surface area (Å²) in [4.78, 5) is 38.3. The lowest BCUT2D eigenvalue weighted by Crippen LogP contribution is -2.36. The van der Waals surface area contributed by atoms with Gasteiger partial charge in [-0.15, -0.1) is 0 Å². The van der Waals surface area contributed by atoms with E-state index in [2.05, 4.69) is 13.8 Å². The molecule has 0 spiro atoms. The van der Waals surface area contributed by atoms with Gasteiger partial charge in [0.05, 0.1) is 18.7 Å². The summed E-state index contributed by atoms with van der Waals surface area (Å²) in [6, 6.07) is 14.4. The van der Waals surface area contributed by atoms with Crippen molar-refractivity contribution in [1.29, 1.82) is 0 Å². The molecule has 2 aromatic rings. The number of anilines is 1. The lowest BCUT2D eigenvalue weighted by molar-refractivity contribution is -0.141. The third-order valence-electron chi connectivity index (χ3n) is 5.10. The van der Waals surface area contributed by atoms with Gasteiger partial charge in [-0.05, 0) is 30.0 Å². The summed E-state index contributed by atoms with van der Waals surface area (Å²) < 4.78 is 10.7. The number of carbonyl (C=O) groups excluding carboxylic acids is 3. The summed E-state index contributed by atoms with van der Waals surface area (Å²) >= 11 is 0. The lowest BCUT2D eigenvalue weighted by Gasteiger charge is -2.20. The maximum atomic E-state index is 12.4. The Morgan fingerprint density at radius 2 is 1.86 bits per heavy atom. The minimum absolute atomic E-state index is 0.170. The van der Waals surface area contributed by atoms with E-state index in [9.17, 15) is 14.4 Å². The highest BCUT2D eigenvalue weighted by Gasteiger charge is 2.25. The summed E-state index contributed by atoms with van der Waals surface area (Å²) in [6.45, 7) is 3.88. The molecule has 1 atom stereocenters. The molecule has 1 aliphatic rings. The van der Waals surface area contributed by atoms with Gasteiger partial charge in [0.1, 0.15) is 12.3 Å². The van der Waals surface area contributed by atoms with E-state index in [0.29, 0.717) is 22.9 Å². The zero-order valence-electron chi connectivity index (χ0n) is 16.7. The smallest absolute Gasteiger partial charge is 0.326 e. The average molecular weight is 395 g/mol. The molecule has 1 aliphatic heterocycles. The molecule has 0 radical (unpaired) electrons. The van der Waals surface area contributed by atoms with E-state index in [-0.39, 0.29) is 37.9 Å². The van der Waals surface area contributed by atoms with Crippen LogP contribution < -0.4 is 9.64 Å². The Morgan fingerprint density at radius 3 is 2.59 bits per heavy atom. The minimum Gasteiger partial charge on any atom is -0.491 e. The van der Waals surface area contributed by atoms with Gasteiger partial charge in [-0.2, -0.15) is 0 Å². The second-order valence-corrected chi connectivity index (χ2v) is 7.06. The molecule has 29 heavy (non-hydrogen) atoms. The van der Waals surface area contributed by atoms with Crippen LogP contribution in [0.25, 0.3) is 0 Å². The fraction of sp³-hybridized carbons (Fsp3) is 0.348. The molecule has 1 heterocycles. The summed E-state index contributed by atoms with van der Waals surface area (Å²) in [6.07, 6.45) is 1.19. The number of ether oxygens (including phenoxy) is 2. The number of para-hydroxylation sites is 2. The molecule has 0 N–H and O–H groups in total. The molecule has 2 aromatic carbocycles. The number of hydrogen-bond acceptors (Lipinski definition) is 5. The van der Waals surface area contributed by atoms with E-state index < -0.39 is 5.97 Å². The minimum atomic E-state index is -0.639. The van der Waals surface area contributed by atoms with E-state index in [1.165, 1.54) is 10.5 Å². The first kappa shape index (κ1) is 20.6. The number of ketones is 1. The van der Waals surface area contributed by atoms with Crippen LogP contribution in [0.5, 0.6) is 5.75 Å². The molecule has 0 aliphatic carbocycles. The number of hydrogen-bond donors (Lipinski definition) is 0. The highest BCUT2D eigenvalue weighted by atomic mass is 16.5. The number of amides is 1. The second kappa shape index (κ2) is 9.37. The van der Waals surface area contributed by atoms with Gasteiger partial charge in [-0.1, -0.05) is 50.2 Å². The van der Waals surface area contributed by atoms with Gasteiger partial charge >= 0.3 is 5.97 Å². The summed E-state index contributed by atoms with van der Waals surface area (Å²) in [5, 5.41) is 0. The van der Waals surface area contributed by atoms with Crippen molar-refractivity contribution < 1.29 is 23.9 Å². The molecule has 0 saturated carbocycles. The van der Waals surface area contributed by atoms with E-state index in [4.69, 9.17) is 9.47 Å². The summed E-state index contributed by atoms with van der Waals surface area (Å²) in [5.74, 6) is -0.169. The molecule has 0 saturated heterocycles. The van der Waals surface area contributed by atoms with Crippen LogP contribution in [0.3, 0.4) is 0 Å². The van der Waals surface area contributed by atoms with Gasteiger partial charge in [0, 0.05) is 5.56 Å². The maximum absolute atomic E-state index is 12.4. The molecule has 3 rings (SSSR count). The van der Waals surface area contributed by atoms with Crippen LogP contribution in [0, 0.1) is 0 Å². The van der Waals surface area contributed by atoms with Gasteiger partial charge in [0.25, 0.3) is 0 Å². The third-order valence-corrected chi connectivity index (χ3v) is 5.10. The van der Waals surface area contributed by atoms with Crippen LogP contribution in [0.1, 0.15) is 48.5 Å². The van der Waals surface area contributed by atoms with Gasteiger partial charge in [-0.3, -0.25) is 19.3 Å². The van der Waals surface area contributed by atoms with Crippen molar-refractivity contribution in [2.24, 2.45) is 0 Å². The van der Waals surface area contributed by atoms with E-state index >= 15 is 0 Å². The number of carbonyl (C=O) groups is 3. The van der Waals surface area contributed by atoms with Crippen molar-refractivity contribution in [3.05, 3.63) is 59.7 Å². The Hall–Kier alpha value is -3.15. The quantitative estimate of drug-likeness (QED) is 0.527. The highest BCUT2D eigenvalue weighted by molar-refractivity contribution is 6.01. The first-order chi connectivity index (χ1) is 14.0. The predicted octanol–water partition coefficient (Wildman–Crippen LogP) is 3.74. The van der Waals surface area contributed by atoms with Crippen LogP contribution in [-0.4, -0.2) is 37.4 Å². The van der Waals surface area contributed by atoms with Crippen molar-refractivity contribution in [2.75, 3.05) is 24.7 Å². The highest BCUT2D eigenvalue weighted by Crippen LogP contribution is 2.30. The van der Waals surface area contributed by atoms with Crippen molar-refractivity contribution in [3.63, 3.8) is 0 Å². The number of nitrogens with zero attached hydrogens (tertiary/aromatic N) is 1. The Kier molecular flexibility index (Phi) is 6.65. The third kappa shape index (κ3) is 5.02. The first-order valence-electron chi connectivity index (χ1n) is 9.80. The molecule has 152 valence electrons. The molecule has 0 unspecified atom stereocenters. The van der Waals surface area contributed by atoms with Gasteiger partial charge in [0.15, 0.2) is 12.4 Å². The Balaban J connectivity index is 1.59. The predicted molar refractivity (Wildman–Crippen MR) is 109 cm³/mol. The van der Waals surface area contributed by atoms with Crippen molar-refractivity contribution >= 4 is 23.3 Å². The van der Waals surface area contributed by atoms with E-state index in [1.54, 1.807) is 36.4 Å². The number of benzene rings is 2. The first-order valence-corrected chi connectivity index (χ1v) is 9.80. The lowest BCUT2D eigenvalue weighted by atomic mass is 9.97. The van der Waals surface area contributed by atoms with Crippen LogP contribution >= 0.6 is 0 Å². The fourth-order valence-electron chi connectivity index (χ4n) is 3.13. The van der Waals surface area contributed by atoms with Gasteiger partial charge < -0.3 is 9.47 Å². The maximum Gasteiger partial charge on any atom is 0.326 e. The SMILES string of the molecule is CC[C@@H](C)c1ccc(C(=O)COC(=O)CN2C(=O)CCOc3ccccc32)cc1. The summed E-state index contributed by atoms with van der Waals surface area (Å²) in [7, 11) is 0. The molecule has 0 fully saturated rings. The van der Waals surface area contributed by atoms with E-state index in [1.807, 2.05) is 12.1 Å². The van der Waals surface area contributed by atoms with Crippen LogP contribution in [-0.2, 0) is 14.3 Å². The molecule has 6 nitrogen and oxygen atoms in total. The van der Waals surface area contributed by atoms with Crippen LogP contribution in [0.15, 0.2) is 48.5 Å². The average Bonchev–Trinajstić information content (AvgIpc) is 2.90. The van der Waals surface area contributed by atoms with Crippen molar-refractivity contribution in [2.45, 2.75) is 32.6 Å². The van der Waals surface area contributed by atoms with E-state index in [0.717, 1.165) is 6.42 Å². The van der Waals surface area contributed by atoms with Gasteiger partial charge in [-0.25, -0.2) is 0 Å². The molecule has 6 heteroatoms. The molecule has 1 amide bonds. The normalized spacial score (nSPS) is 14.4. The number of fused-ring (bicyclic) bond motifs is 1. The molecule has 0 aromatic heterocycles. The second-order valence-electron chi connectivity index (χ2n) is 7.06. The largest absolute Gasteiger partial charge is 0.491 e. The number of rotatable bonds is 7. The van der Waals surface area contributed by atoms with Crippen LogP contribution in [0.4, 0.5) is 5.69 Å². The number of Topliss-reactive ketones (excluding diaryl/α,β-unsaturated/α-hetero) is 1. The Labute approximate surface area is 170 Å². The Morgan fingerprint density at radius 1 is 1.14 bits per heavy atom. The topological polar surface area (TPSA) is 72.9 Å². The van der Waals surface area contributed by atoms with Crippen molar-refractivity contribution in [3.8, 4) is 5.75 Å². The van der Waals surface area contributed by atoms with Gasteiger partial charge in [0.2, 0.25) is 5.91 Å². The zero-order valence-corrected chi connectivity index (χ0v) is 16.7. The zero-order chi connectivity index (χ0) is 20.8.